The fraction of sp³-hybridized carbons (Fsp3) is 0.0769. The van der Waals surface area contributed by atoms with Crippen molar-refractivity contribution in [1.82, 2.24) is 14.8 Å². The molecule has 3 aromatic rings. The second kappa shape index (κ2) is 5.82. The number of thiazole rings is 1. The Balaban J connectivity index is 1.71. The number of hydrogen-bond acceptors (Lipinski definition) is 6. The van der Waals surface area contributed by atoms with Crippen molar-refractivity contribution in [3.63, 3.8) is 0 Å². The zero-order chi connectivity index (χ0) is 15.5. The number of fused-ring (bicyclic) bond motifs is 1. The van der Waals surface area contributed by atoms with E-state index in [1.165, 1.54) is 11.3 Å². The molecular weight excluding hydrogens is 306 g/mol. The van der Waals surface area contributed by atoms with Gasteiger partial charge in [0.2, 0.25) is 0 Å². The van der Waals surface area contributed by atoms with Crippen molar-refractivity contribution in [2.24, 2.45) is 5.73 Å². The van der Waals surface area contributed by atoms with Crippen LogP contribution < -0.4 is 15.8 Å². The topological polar surface area (TPSA) is 112 Å². The summed E-state index contributed by atoms with van der Waals surface area (Å²) in [6.07, 6.45) is 0. The van der Waals surface area contributed by atoms with Crippen molar-refractivity contribution in [2.45, 2.75) is 0 Å². The second-order valence-corrected chi connectivity index (χ2v) is 5.11. The summed E-state index contributed by atoms with van der Waals surface area (Å²) < 4.78 is 6.86. The van der Waals surface area contributed by atoms with E-state index in [1.807, 2.05) is 18.2 Å². The Hall–Kier alpha value is -2.94. The van der Waals surface area contributed by atoms with Gasteiger partial charge in [-0.15, -0.1) is 16.4 Å². The van der Waals surface area contributed by atoms with Gasteiger partial charge in [0, 0.05) is 0 Å². The van der Waals surface area contributed by atoms with E-state index in [1.54, 1.807) is 17.6 Å². The van der Waals surface area contributed by atoms with Gasteiger partial charge < -0.3 is 15.8 Å². The number of nitrogens with zero attached hydrogens (tertiary/aromatic N) is 3. The number of primary amides is 1. The number of aromatic nitrogens is 3. The molecule has 112 valence electrons. The third-order valence-electron chi connectivity index (χ3n) is 2.74. The maximum Gasteiger partial charge on any atom is 0.341 e. The number of hydrogen-bond donors (Lipinski definition) is 2. The van der Waals surface area contributed by atoms with Gasteiger partial charge in [0.1, 0.15) is 10.4 Å². The zero-order valence-corrected chi connectivity index (χ0v) is 12.0. The van der Waals surface area contributed by atoms with Crippen molar-refractivity contribution in [3.8, 4) is 5.75 Å². The summed E-state index contributed by atoms with van der Waals surface area (Å²) in [5.41, 5.74) is 7.07. The van der Waals surface area contributed by atoms with Crippen LogP contribution in [0.1, 0.15) is 0 Å². The van der Waals surface area contributed by atoms with Gasteiger partial charge in [-0.25, -0.2) is 9.78 Å². The van der Waals surface area contributed by atoms with Gasteiger partial charge in [-0.3, -0.25) is 4.79 Å². The zero-order valence-electron chi connectivity index (χ0n) is 11.2. The highest BCUT2D eigenvalue weighted by Gasteiger charge is 2.18. The van der Waals surface area contributed by atoms with Gasteiger partial charge in [0.25, 0.3) is 5.91 Å². The van der Waals surface area contributed by atoms with E-state index >= 15 is 0 Å². The van der Waals surface area contributed by atoms with Crippen LogP contribution in [-0.4, -0.2) is 33.3 Å². The molecule has 0 spiro atoms. The highest BCUT2D eigenvalue weighted by Crippen LogP contribution is 2.25. The van der Waals surface area contributed by atoms with Gasteiger partial charge in [0.05, 0.1) is 5.51 Å². The standard InChI is InChI=1S/C13H11N5O3S/c14-13(20)18-12-10(22-7-15-12)11(17-18)16-9(19)6-21-8-4-2-1-3-5-8/h1-5,7H,6H2,(H2,14,20)(H,16,17,19). The molecule has 2 aromatic heterocycles. The molecule has 3 N–H and O–H groups in total. The SMILES string of the molecule is NC(=O)n1nc(NC(=O)COc2ccccc2)c2scnc21. The summed E-state index contributed by atoms with van der Waals surface area (Å²) in [5, 5.41) is 6.53. The summed E-state index contributed by atoms with van der Waals surface area (Å²) in [7, 11) is 0. The van der Waals surface area contributed by atoms with Crippen LogP contribution in [0.5, 0.6) is 5.75 Å². The Labute approximate surface area is 128 Å². The van der Waals surface area contributed by atoms with Crippen molar-refractivity contribution in [3.05, 3.63) is 35.8 Å². The van der Waals surface area contributed by atoms with E-state index in [-0.39, 0.29) is 12.4 Å². The molecule has 0 saturated carbocycles. The first-order valence-corrected chi connectivity index (χ1v) is 7.13. The summed E-state index contributed by atoms with van der Waals surface area (Å²) in [5.74, 6) is 0.425. The second-order valence-electron chi connectivity index (χ2n) is 4.25. The number of nitrogens with one attached hydrogen (secondary N) is 1. The third kappa shape index (κ3) is 2.74. The smallest absolute Gasteiger partial charge is 0.341 e. The van der Waals surface area contributed by atoms with Crippen LogP contribution in [0, 0.1) is 0 Å². The molecule has 0 saturated heterocycles. The molecule has 1 aromatic carbocycles. The van der Waals surface area contributed by atoms with Crippen molar-refractivity contribution >= 4 is 39.4 Å². The van der Waals surface area contributed by atoms with E-state index in [4.69, 9.17) is 10.5 Å². The van der Waals surface area contributed by atoms with Crippen molar-refractivity contribution in [1.29, 1.82) is 0 Å². The quantitative estimate of drug-likeness (QED) is 0.756. The Kier molecular flexibility index (Phi) is 3.71. The molecule has 0 fully saturated rings. The fourth-order valence-electron chi connectivity index (χ4n) is 1.81. The van der Waals surface area contributed by atoms with Crippen LogP contribution in [0.15, 0.2) is 35.8 Å². The molecule has 3 rings (SSSR count). The predicted molar refractivity (Wildman–Crippen MR) is 81.0 cm³/mol. The number of rotatable bonds is 4. The minimum absolute atomic E-state index is 0.173. The molecule has 2 heterocycles. The molecule has 0 aliphatic rings. The molecule has 0 atom stereocenters. The molecule has 0 bridgehead atoms. The molecule has 0 radical (unpaired) electrons. The van der Waals surface area contributed by atoms with E-state index in [0.717, 1.165) is 4.68 Å². The first kappa shape index (κ1) is 14.0. The minimum atomic E-state index is -0.767. The Morgan fingerprint density at radius 2 is 2.09 bits per heavy atom. The number of anilines is 1. The number of nitrogens with two attached hydrogens (primary N) is 1. The maximum atomic E-state index is 11.9. The summed E-state index contributed by atoms with van der Waals surface area (Å²) in [6, 6.07) is 8.19. The normalized spacial score (nSPS) is 10.5. The lowest BCUT2D eigenvalue weighted by atomic mass is 10.3. The molecule has 0 aliphatic heterocycles. The summed E-state index contributed by atoms with van der Waals surface area (Å²) in [4.78, 5) is 27.2. The van der Waals surface area contributed by atoms with Crippen LogP contribution in [0.25, 0.3) is 10.3 Å². The van der Waals surface area contributed by atoms with E-state index in [0.29, 0.717) is 16.1 Å². The van der Waals surface area contributed by atoms with Gasteiger partial charge >= 0.3 is 6.03 Å². The predicted octanol–water partition coefficient (Wildman–Crippen LogP) is 1.44. The first-order chi connectivity index (χ1) is 10.6. The lowest BCUT2D eigenvalue weighted by molar-refractivity contribution is -0.118. The number of para-hydroxylation sites is 1. The maximum absolute atomic E-state index is 11.9. The van der Waals surface area contributed by atoms with E-state index < -0.39 is 11.9 Å². The molecule has 8 nitrogen and oxygen atoms in total. The number of carbonyl (C=O) groups excluding carboxylic acids is 2. The van der Waals surface area contributed by atoms with Gasteiger partial charge in [-0.05, 0) is 12.1 Å². The molecule has 22 heavy (non-hydrogen) atoms. The van der Waals surface area contributed by atoms with E-state index in [9.17, 15) is 9.59 Å². The molecule has 0 aliphatic carbocycles. The third-order valence-corrected chi connectivity index (χ3v) is 3.57. The monoisotopic (exact) mass is 317 g/mol. The molecule has 9 heteroatoms. The fourth-order valence-corrected chi connectivity index (χ4v) is 2.52. The summed E-state index contributed by atoms with van der Waals surface area (Å²) in [6.45, 7) is -0.173. The van der Waals surface area contributed by atoms with Crippen molar-refractivity contribution < 1.29 is 14.3 Å². The highest BCUT2D eigenvalue weighted by atomic mass is 32.1. The van der Waals surface area contributed by atoms with E-state index in [2.05, 4.69) is 15.4 Å². The van der Waals surface area contributed by atoms with Crippen molar-refractivity contribution in [2.75, 3.05) is 11.9 Å². The van der Waals surface area contributed by atoms with Crippen LogP contribution >= 0.6 is 11.3 Å². The lowest BCUT2D eigenvalue weighted by Gasteiger charge is -2.05. The minimum Gasteiger partial charge on any atom is -0.484 e. The van der Waals surface area contributed by atoms with Crippen LogP contribution in [-0.2, 0) is 4.79 Å². The Bertz CT molecular complexity index is 827. The number of benzene rings is 1. The van der Waals surface area contributed by atoms with Gasteiger partial charge in [-0.2, -0.15) is 4.68 Å². The highest BCUT2D eigenvalue weighted by molar-refractivity contribution is 7.17. The number of carbonyl (C=O) groups is 2. The number of amides is 2. The first-order valence-electron chi connectivity index (χ1n) is 6.25. The largest absolute Gasteiger partial charge is 0.484 e. The molecular formula is C13H11N5O3S. The molecule has 2 amide bonds. The average Bonchev–Trinajstić information content (AvgIpc) is 3.10. The van der Waals surface area contributed by atoms with Gasteiger partial charge in [0.15, 0.2) is 18.1 Å². The van der Waals surface area contributed by atoms with Crippen LogP contribution in [0.2, 0.25) is 0 Å². The average molecular weight is 317 g/mol. The Morgan fingerprint density at radius 1 is 1.32 bits per heavy atom. The Morgan fingerprint density at radius 3 is 2.82 bits per heavy atom. The van der Waals surface area contributed by atoms with Gasteiger partial charge in [-0.1, -0.05) is 18.2 Å². The summed E-state index contributed by atoms with van der Waals surface area (Å²) >= 11 is 1.25. The van der Waals surface area contributed by atoms with Crippen LogP contribution in [0.4, 0.5) is 10.6 Å². The number of ether oxygens (including phenoxy) is 1. The lowest BCUT2D eigenvalue weighted by Crippen LogP contribution is -2.23. The van der Waals surface area contributed by atoms with Crippen LogP contribution in [0.3, 0.4) is 0 Å². The molecule has 0 unspecified atom stereocenters.